The lowest BCUT2D eigenvalue weighted by atomic mass is 10.1. The Hall–Kier alpha value is -3.40. The molecule has 0 aromatic heterocycles. The SMILES string of the molecule is Cc1ccc(OC(=O)c2ccccc2C)c(OC(=O)c2ccccc2C)c1. The summed E-state index contributed by atoms with van der Waals surface area (Å²) in [5, 5.41) is 0. The summed E-state index contributed by atoms with van der Waals surface area (Å²) in [6, 6.07) is 19.4. The predicted molar refractivity (Wildman–Crippen MR) is 103 cm³/mol. The monoisotopic (exact) mass is 360 g/mol. The Morgan fingerprint density at radius 1 is 0.630 bits per heavy atom. The molecular formula is C23H20O4. The number of carbonyl (C=O) groups excluding carboxylic acids is 2. The fourth-order valence-corrected chi connectivity index (χ4v) is 2.69. The molecule has 0 saturated heterocycles. The number of carbonyl (C=O) groups is 2. The standard InChI is InChI=1S/C23H20O4/c1-15-12-13-20(26-22(24)18-10-6-4-8-16(18)2)21(14-15)27-23(25)19-11-7-5-9-17(19)3/h4-14H,1-3H3. The molecule has 0 aliphatic carbocycles. The zero-order valence-corrected chi connectivity index (χ0v) is 15.5. The van der Waals surface area contributed by atoms with Crippen molar-refractivity contribution in [3.8, 4) is 11.5 Å². The van der Waals surface area contributed by atoms with Crippen molar-refractivity contribution in [3.63, 3.8) is 0 Å². The van der Waals surface area contributed by atoms with Crippen molar-refractivity contribution in [1.29, 1.82) is 0 Å². The van der Waals surface area contributed by atoms with Crippen LogP contribution >= 0.6 is 0 Å². The molecule has 0 aliphatic rings. The van der Waals surface area contributed by atoms with Crippen LogP contribution in [-0.4, -0.2) is 11.9 Å². The third-order valence-corrected chi connectivity index (χ3v) is 4.23. The summed E-state index contributed by atoms with van der Waals surface area (Å²) in [5.74, 6) is -0.571. The number of rotatable bonds is 4. The van der Waals surface area contributed by atoms with Gasteiger partial charge in [0.05, 0.1) is 11.1 Å². The quantitative estimate of drug-likeness (QED) is 0.482. The molecule has 0 radical (unpaired) electrons. The molecule has 0 fully saturated rings. The lowest BCUT2D eigenvalue weighted by Gasteiger charge is -2.13. The van der Waals surface area contributed by atoms with E-state index in [9.17, 15) is 9.59 Å². The molecule has 4 heteroatoms. The Labute approximate surface area is 158 Å². The fourth-order valence-electron chi connectivity index (χ4n) is 2.69. The minimum Gasteiger partial charge on any atom is -0.419 e. The van der Waals surface area contributed by atoms with Gasteiger partial charge in [-0.05, 0) is 61.7 Å². The van der Waals surface area contributed by atoms with Gasteiger partial charge >= 0.3 is 11.9 Å². The van der Waals surface area contributed by atoms with Crippen LogP contribution in [0.1, 0.15) is 37.4 Å². The minimum absolute atomic E-state index is 0.204. The predicted octanol–water partition coefficient (Wildman–Crippen LogP) is 5.05. The van der Waals surface area contributed by atoms with Gasteiger partial charge in [0, 0.05) is 0 Å². The Balaban J connectivity index is 1.87. The first kappa shape index (κ1) is 18.4. The molecule has 4 nitrogen and oxygen atoms in total. The molecule has 0 spiro atoms. The smallest absolute Gasteiger partial charge is 0.343 e. The highest BCUT2D eigenvalue weighted by atomic mass is 16.6. The molecule has 0 amide bonds. The summed E-state index contributed by atoms with van der Waals surface area (Å²) in [6.07, 6.45) is 0. The zero-order chi connectivity index (χ0) is 19.4. The van der Waals surface area contributed by atoms with Crippen LogP contribution in [0, 0.1) is 20.8 Å². The van der Waals surface area contributed by atoms with E-state index in [0.29, 0.717) is 11.1 Å². The number of hydrogen-bond acceptors (Lipinski definition) is 4. The third-order valence-electron chi connectivity index (χ3n) is 4.23. The normalized spacial score (nSPS) is 10.3. The summed E-state index contributed by atoms with van der Waals surface area (Å²) >= 11 is 0. The van der Waals surface area contributed by atoms with Crippen LogP contribution in [0.5, 0.6) is 11.5 Å². The molecular weight excluding hydrogens is 340 g/mol. The molecule has 0 unspecified atom stereocenters. The number of benzene rings is 3. The number of aryl methyl sites for hydroxylation is 3. The van der Waals surface area contributed by atoms with Crippen LogP contribution < -0.4 is 9.47 Å². The Morgan fingerprint density at radius 3 is 1.63 bits per heavy atom. The van der Waals surface area contributed by atoms with Crippen molar-refractivity contribution in [3.05, 3.63) is 94.5 Å². The maximum absolute atomic E-state index is 12.5. The van der Waals surface area contributed by atoms with Gasteiger partial charge in [-0.2, -0.15) is 0 Å². The zero-order valence-electron chi connectivity index (χ0n) is 15.5. The minimum atomic E-state index is -0.495. The van der Waals surface area contributed by atoms with E-state index in [1.807, 2.05) is 45.0 Å². The molecule has 0 saturated carbocycles. The van der Waals surface area contributed by atoms with Gasteiger partial charge in [0.15, 0.2) is 11.5 Å². The second-order valence-corrected chi connectivity index (χ2v) is 6.36. The van der Waals surface area contributed by atoms with Gasteiger partial charge in [-0.25, -0.2) is 9.59 Å². The summed E-state index contributed by atoms with van der Waals surface area (Å²) < 4.78 is 11.1. The van der Waals surface area contributed by atoms with E-state index in [1.165, 1.54) is 0 Å². The molecule has 3 aromatic carbocycles. The summed E-state index contributed by atoms with van der Waals surface area (Å²) in [5.41, 5.74) is 3.45. The fraction of sp³-hybridized carbons (Fsp3) is 0.130. The van der Waals surface area contributed by atoms with Crippen LogP contribution in [-0.2, 0) is 0 Å². The van der Waals surface area contributed by atoms with E-state index in [-0.39, 0.29) is 11.5 Å². The molecule has 3 aromatic rings. The molecule has 136 valence electrons. The molecule has 27 heavy (non-hydrogen) atoms. The van der Waals surface area contributed by atoms with Crippen molar-refractivity contribution in [2.24, 2.45) is 0 Å². The third kappa shape index (κ3) is 4.23. The summed E-state index contributed by atoms with van der Waals surface area (Å²) in [4.78, 5) is 25.1. The first-order chi connectivity index (χ1) is 13.0. The topological polar surface area (TPSA) is 52.6 Å². The van der Waals surface area contributed by atoms with Gasteiger partial charge in [0.1, 0.15) is 0 Å². The maximum Gasteiger partial charge on any atom is 0.343 e. The molecule has 0 N–H and O–H groups in total. The van der Waals surface area contributed by atoms with Gasteiger partial charge < -0.3 is 9.47 Å². The Morgan fingerprint density at radius 2 is 1.11 bits per heavy atom. The van der Waals surface area contributed by atoms with Crippen molar-refractivity contribution in [2.75, 3.05) is 0 Å². The van der Waals surface area contributed by atoms with Crippen LogP contribution in [0.15, 0.2) is 66.7 Å². The van der Waals surface area contributed by atoms with Crippen LogP contribution in [0.25, 0.3) is 0 Å². The highest BCUT2D eigenvalue weighted by Crippen LogP contribution is 2.30. The average Bonchev–Trinajstić information content (AvgIpc) is 2.64. The molecule has 0 atom stereocenters. The van der Waals surface area contributed by atoms with Gasteiger partial charge in [-0.15, -0.1) is 0 Å². The first-order valence-electron chi connectivity index (χ1n) is 8.62. The second kappa shape index (κ2) is 7.87. The lowest BCUT2D eigenvalue weighted by Crippen LogP contribution is -2.14. The highest BCUT2D eigenvalue weighted by Gasteiger charge is 2.18. The van der Waals surface area contributed by atoms with Crippen molar-refractivity contribution < 1.29 is 19.1 Å². The van der Waals surface area contributed by atoms with Gasteiger partial charge in [0.2, 0.25) is 0 Å². The van der Waals surface area contributed by atoms with Crippen LogP contribution in [0.4, 0.5) is 0 Å². The van der Waals surface area contributed by atoms with E-state index in [1.54, 1.807) is 42.5 Å². The number of hydrogen-bond donors (Lipinski definition) is 0. The number of esters is 2. The summed E-state index contributed by atoms with van der Waals surface area (Å²) in [7, 11) is 0. The maximum atomic E-state index is 12.5. The molecule has 0 heterocycles. The van der Waals surface area contributed by atoms with Gasteiger partial charge in [0.25, 0.3) is 0 Å². The van der Waals surface area contributed by atoms with Crippen molar-refractivity contribution in [2.45, 2.75) is 20.8 Å². The van der Waals surface area contributed by atoms with E-state index >= 15 is 0 Å². The van der Waals surface area contributed by atoms with Gasteiger partial charge in [-0.1, -0.05) is 42.5 Å². The molecule has 0 bridgehead atoms. The van der Waals surface area contributed by atoms with E-state index in [0.717, 1.165) is 16.7 Å². The van der Waals surface area contributed by atoms with E-state index in [4.69, 9.17) is 9.47 Å². The van der Waals surface area contributed by atoms with E-state index < -0.39 is 11.9 Å². The lowest BCUT2D eigenvalue weighted by molar-refractivity contribution is 0.0681. The van der Waals surface area contributed by atoms with E-state index in [2.05, 4.69) is 0 Å². The molecule has 3 rings (SSSR count). The Kier molecular flexibility index (Phi) is 5.36. The average molecular weight is 360 g/mol. The van der Waals surface area contributed by atoms with Gasteiger partial charge in [-0.3, -0.25) is 0 Å². The highest BCUT2D eigenvalue weighted by molar-refractivity contribution is 5.94. The van der Waals surface area contributed by atoms with Crippen LogP contribution in [0.3, 0.4) is 0 Å². The second-order valence-electron chi connectivity index (χ2n) is 6.36. The number of ether oxygens (including phenoxy) is 2. The van der Waals surface area contributed by atoms with Crippen molar-refractivity contribution in [1.82, 2.24) is 0 Å². The molecule has 0 aliphatic heterocycles. The summed E-state index contributed by atoms with van der Waals surface area (Å²) in [6.45, 7) is 5.55. The Bertz CT molecular complexity index is 1000. The largest absolute Gasteiger partial charge is 0.419 e. The van der Waals surface area contributed by atoms with Crippen molar-refractivity contribution >= 4 is 11.9 Å². The van der Waals surface area contributed by atoms with Crippen LogP contribution in [0.2, 0.25) is 0 Å². The first-order valence-corrected chi connectivity index (χ1v) is 8.62.